The molecule has 0 spiro atoms. The van der Waals surface area contributed by atoms with Crippen LogP contribution < -0.4 is 70.2 Å². The maximum atomic E-state index is 2.81. The van der Waals surface area contributed by atoms with E-state index >= 15 is 0 Å². The SMILES string of the molecule is Cc1[se]c(C)c2c1N1c3cccc4c3B(c3cc(C(C)(C)C)cc5c3N4c3cc(C(C)(C)C)cc(C(C)(C)C)c3[Se]5)c3ccc4c(c31)N2c1cccc2c1B4c1ccc(C(C)(C)C)c3c1N2c1cc(C(C)(C)C)cc(C(C)(C)C)c1[Se]3. The van der Waals surface area contributed by atoms with Crippen LogP contribution in [0.25, 0.3) is 0 Å². The zero-order chi connectivity index (χ0) is 57.2. The summed E-state index contributed by atoms with van der Waals surface area (Å²) in [5.41, 5.74) is 33.9. The molecular formula is C72H76B2N4Se3. The summed E-state index contributed by atoms with van der Waals surface area (Å²) in [6.07, 6.45) is 0. The Morgan fingerprint density at radius 1 is 0.321 bits per heavy atom. The minimum atomic E-state index is -0.0372. The maximum absolute atomic E-state index is 2.81. The quantitative estimate of drug-likeness (QED) is 0.140. The number of aryl methyl sites for hydroxylation is 2. The fourth-order valence-electron chi connectivity index (χ4n) is 14.9. The molecule has 0 unspecified atom stereocenters. The summed E-state index contributed by atoms with van der Waals surface area (Å²) in [6, 6.07) is 40.8. The van der Waals surface area contributed by atoms with Gasteiger partial charge in [-0.25, -0.2) is 0 Å². The Kier molecular flexibility index (Phi) is 10.7. The van der Waals surface area contributed by atoms with Crippen molar-refractivity contribution < 1.29 is 0 Å². The zero-order valence-electron chi connectivity index (χ0n) is 51.4. The Bertz CT molecular complexity index is 4200. The summed E-state index contributed by atoms with van der Waals surface area (Å²) in [4.78, 5) is 11.2. The first-order valence-corrected chi connectivity index (χ1v) is 34.8. The number of benzene rings is 7. The Morgan fingerprint density at radius 3 is 1.17 bits per heavy atom. The van der Waals surface area contributed by atoms with E-state index in [1.54, 1.807) is 8.92 Å². The number of anilines is 12. The molecule has 81 heavy (non-hydrogen) atoms. The molecule has 9 heteroatoms. The third-order valence-electron chi connectivity index (χ3n) is 19.0. The first kappa shape index (κ1) is 52.7. The van der Waals surface area contributed by atoms with E-state index < -0.39 is 0 Å². The van der Waals surface area contributed by atoms with Gasteiger partial charge in [-0.1, -0.05) is 0 Å². The second-order valence-corrected chi connectivity index (χ2v) is 38.1. The van der Waals surface area contributed by atoms with Crippen molar-refractivity contribution in [3.05, 3.63) is 139 Å². The van der Waals surface area contributed by atoms with E-state index in [2.05, 4.69) is 255 Å². The van der Waals surface area contributed by atoms with E-state index in [9.17, 15) is 0 Å². The first-order chi connectivity index (χ1) is 37.8. The van der Waals surface area contributed by atoms with Gasteiger partial charge in [-0.05, 0) is 0 Å². The molecule has 7 aliphatic rings. The van der Waals surface area contributed by atoms with Crippen LogP contribution in [-0.2, 0) is 32.5 Å². The van der Waals surface area contributed by atoms with E-state index in [-0.39, 0.29) is 90.3 Å². The van der Waals surface area contributed by atoms with Crippen LogP contribution >= 0.6 is 0 Å². The average Bonchev–Trinajstić information content (AvgIpc) is 1.64. The normalized spacial score (nSPS) is 15.9. The predicted octanol–water partition coefficient (Wildman–Crippen LogP) is 11.6. The summed E-state index contributed by atoms with van der Waals surface area (Å²) < 4.78 is 9.16. The van der Waals surface area contributed by atoms with Crippen LogP contribution in [0.3, 0.4) is 0 Å². The fourth-order valence-corrected chi connectivity index (χ4v) is 23.7. The van der Waals surface area contributed by atoms with Crippen LogP contribution in [0, 0.1) is 13.8 Å². The van der Waals surface area contributed by atoms with Crippen molar-refractivity contribution in [3.8, 4) is 0 Å². The van der Waals surface area contributed by atoms with Crippen molar-refractivity contribution in [1.82, 2.24) is 0 Å². The molecule has 8 aromatic rings. The molecule has 15 rings (SSSR count). The fraction of sp³-hybridized carbons (Fsp3) is 0.361. The monoisotopic (exact) mass is 1260 g/mol. The summed E-state index contributed by atoms with van der Waals surface area (Å²) >= 11 is 0.377. The molecule has 0 amide bonds. The molecule has 7 aromatic carbocycles. The van der Waals surface area contributed by atoms with Crippen molar-refractivity contribution in [2.24, 2.45) is 0 Å². The number of rotatable bonds is 0. The second kappa shape index (κ2) is 16.4. The molecule has 0 saturated carbocycles. The van der Waals surface area contributed by atoms with Gasteiger partial charge in [-0.3, -0.25) is 0 Å². The summed E-state index contributed by atoms with van der Waals surface area (Å²) in [5, 5.41) is 0. The Balaban J connectivity index is 1.04. The van der Waals surface area contributed by atoms with Gasteiger partial charge in [0.05, 0.1) is 0 Å². The molecule has 1 aromatic heterocycles. The standard InChI is InChI=1S/C72H76B2N4Se3/c1-37-58-59(38(2)79-37)78-52-26-21-23-49-57(52)74(48-33-41(69(9,10)11)36-55-60(48)75(49)53-34-39(67(3,4)5)31-43(64(53)80-55)71(15,16)17)46-30-29-45-61(62(46)78)77(58)51-25-22-24-50-56(51)73(45)47-28-27-42(70(12,13)14)66-63(47)76(50)54-35-40(68(6,7)8)32-44(65(54)81-66)72(18,19)20/h21-36H,1-20H3. The van der Waals surface area contributed by atoms with Gasteiger partial charge in [0, 0.05) is 0 Å². The van der Waals surface area contributed by atoms with Crippen LogP contribution in [0.4, 0.5) is 68.2 Å². The van der Waals surface area contributed by atoms with Crippen LogP contribution in [0.1, 0.15) is 167 Å². The summed E-state index contributed by atoms with van der Waals surface area (Å²) in [7, 11) is 0. The van der Waals surface area contributed by atoms with Gasteiger partial charge < -0.3 is 0 Å². The average molecular weight is 1260 g/mol. The molecule has 8 heterocycles. The number of hydrogen-bond donors (Lipinski definition) is 0. The van der Waals surface area contributed by atoms with Gasteiger partial charge in [-0.2, -0.15) is 0 Å². The number of fused-ring (bicyclic) bond motifs is 15. The molecule has 0 saturated heterocycles. The Morgan fingerprint density at radius 2 is 0.716 bits per heavy atom. The van der Waals surface area contributed by atoms with Gasteiger partial charge >= 0.3 is 507 Å². The van der Waals surface area contributed by atoms with E-state index in [0.717, 1.165) is 0 Å². The van der Waals surface area contributed by atoms with Gasteiger partial charge in [0.25, 0.3) is 0 Å². The minimum absolute atomic E-state index is 0.0109. The molecular weight excluding hydrogens is 1180 g/mol. The molecule has 0 N–H and O–H groups in total. The van der Waals surface area contributed by atoms with Crippen molar-refractivity contribution >= 4 is 177 Å². The topological polar surface area (TPSA) is 13.0 Å². The predicted molar refractivity (Wildman–Crippen MR) is 357 cm³/mol. The molecule has 0 aliphatic carbocycles. The second-order valence-electron chi connectivity index (χ2n) is 30.7. The van der Waals surface area contributed by atoms with Crippen LogP contribution in [0.2, 0.25) is 0 Å². The van der Waals surface area contributed by atoms with Gasteiger partial charge in [0.2, 0.25) is 0 Å². The molecule has 0 radical (unpaired) electrons. The Labute approximate surface area is 502 Å². The molecule has 0 atom stereocenters. The van der Waals surface area contributed by atoms with Gasteiger partial charge in [-0.15, -0.1) is 0 Å². The van der Waals surface area contributed by atoms with Crippen molar-refractivity contribution in [1.29, 1.82) is 0 Å². The van der Waals surface area contributed by atoms with Crippen LogP contribution in [-0.4, -0.2) is 57.8 Å². The van der Waals surface area contributed by atoms with E-state index in [4.69, 9.17) is 0 Å². The van der Waals surface area contributed by atoms with Gasteiger partial charge in [0.15, 0.2) is 0 Å². The van der Waals surface area contributed by atoms with Crippen molar-refractivity contribution in [2.75, 3.05) is 19.6 Å². The molecule has 4 nitrogen and oxygen atoms in total. The molecule has 0 fully saturated rings. The third-order valence-corrected chi connectivity index (χ3v) is 26.1. The van der Waals surface area contributed by atoms with Crippen LogP contribution in [0.15, 0.2) is 97.1 Å². The first-order valence-electron chi connectivity index (χ1n) is 29.7. The van der Waals surface area contributed by atoms with E-state index in [0.29, 0.717) is 0 Å². The van der Waals surface area contributed by atoms with Gasteiger partial charge in [0.1, 0.15) is 0 Å². The Hall–Kier alpha value is -5.09. The van der Waals surface area contributed by atoms with E-state index in [1.165, 1.54) is 152 Å². The molecule has 0 bridgehead atoms. The van der Waals surface area contributed by atoms with E-state index in [1.807, 2.05) is 0 Å². The van der Waals surface area contributed by atoms with Crippen molar-refractivity contribution in [3.63, 3.8) is 0 Å². The molecule has 7 aliphatic heterocycles. The summed E-state index contributed by atoms with van der Waals surface area (Å²) in [5.74, 6) is 0. The third kappa shape index (κ3) is 7.09. The van der Waals surface area contributed by atoms with Crippen LogP contribution in [0.5, 0.6) is 0 Å². The zero-order valence-corrected chi connectivity index (χ0v) is 56.5. The molecule has 408 valence electrons. The van der Waals surface area contributed by atoms with Crippen molar-refractivity contribution in [2.45, 2.75) is 171 Å². The summed E-state index contributed by atoms with van der Waals surface area (Å²) in [6.45, 7) is 48.6. The number of nitrogens with zero attached hydrogens (tertiary/aromatic N) is 4. The number of hydrogen-bond acceptors (Lipinski definition) is 4.